The van der Waals surface area contributed by atoms with Crippen molar-refractivity contribution in [3.63, 3.8) is 0 Å². The van der Waals surface area contributed by atoms with Gasteiger partial charge in [-0.3, -0.25) is 0 Å². The summed E-state index contributed by atoms with van der Waals surface area (Å²) in [6.45, 7) is 2.23. The average Bonchev–Trinajstić information content (AvgIpc) is 2.62. The van der Waals surface area contributed by atoms with Gasteiger partial charge in [0.1, 0.15) is 12.7 Å². The second-order valence-electron chi connectivity index (χ2n) is 5.81. The van der Waals surface area contributed by atoms with Crippen LogP contribution in [0.1, 0.15) is 29.2 Å². The molecule has 3 N–H and O–H groups in total. The van der Waals surface area contributed by atoms with E-state index in [1.165, 1.54) is 0 Å². The van der Waals surface area contributed by atoms with Crippen LogP contribution in [0.3, 0.4) is 0 Å². The van der Waals surface area contributed by atoms with Gasteiger partial charge in [0.05, 0.1) is 6.10 Å². The van der Waals surface area contributed by atoms with Crippen LogP contribution in [0.4, 0.5) is 4.79 Å². The van der Waals surface area contributed by atoms with Gasteiger partial charge in [-0.15, -0.1) is 0 Å². The first-order chi connectivity index (χ1) is 12.0. The summed E-state index contributed by atoms with van der Waals surface area (Å²) in [5.74, 6) is 0. The molecule has 6 heteroatoms. The van der Waals surface area contributed by atoms with Crippen LogP contribution in [0, 0.1) is 6.92 Å². The van der Waals surface area contributed by atoms with E-state index in [2.05, 4.69) is 5.32 Å². The van der Waals surface area contributed by atoms with E-state index in [1.54, 1.807) is 12.1 Å². The van der Waals surface area contributed by atoms with E-state index >= 15 is 0 Å². The zero-order valence-corrected chi connectivity index (χ0v) is 14.7. The molecule has 0 aliphatic heterocycles. The van der Waals surface area contributed by atoms with Crippen LogP contribution in [0.2, 0.25) is 5.02 Å². The third kappa shape index (κ3) is 6.05. The highest BCUT2D eigenvalue weighted by Gasteiger charge is 2.21. The average molecular weight is 364 g/mol. The van der Waals surface area contributed by atoms with Crippen LogP contribution in [-0.4, -0.2) is 29.0 Å². The van der Waals surface area contributed by atoms with Crippen LogP contribution in [0.5, 0.6) is 0 Å². The van der Waals surface area contributed by atoms with Crippen molar-refractivity contribution in [3.8, 4) is 0 Å². The number of amides is 1. The minimum absolute atomic E-state index is 0.172. The maximum atomic E-state index is 11.6. The van der Waals surface area contributed by atoms with Crippen molar-refractivity contribution in [1.82, 2.24) is 5.32 Å². The summed E-state index contributed by atoms with van der Waals surface area (Å²) in [4.78, 5) is 11.6. The number of carbonyl (C=O) groups is 1. The van der Waals surface area contributed by atoms with Gasteiger partial charge in [-0.1, -0.05) is 59.6 Å². The van der Waals surface area contributed by atoms with E-state index in [4.69, 9.17) is 16.3 Å². The van der Waals surface area contributed by atoms with Gasteiger partial charge in [0, 0.05) is 17.1 Å². The molecule has 0 fully saturated rings. The molecule has 0 radical (unpaired) electrons. The molecule has 0 aromatic heterocycles. The highest BCUT2D eigenvalue weighted by molar-refractivity contribution is 6.31. The molecule has 134 valence electrons. The molecule has 0 heterocycles. The van der Waals surface area contributed by atoms with Crippen LogP contribution in [-0.2, 0) is 11.3 Å². The first kappa shape index (κ1) is 19.2. The third-order valence-electron chi connectivity index (χ3n) is 3.76. The number of hydrogen-bond donors (Lipinski definition) is 3. The molecule has 0 saturated heterocycles. The fraction of sp³-hybridized carbons (Fsp3) is 0.316. The molecule has 0 aliphatic rings. The number of benzene rings is 2. The standard InChI is InChI=1S/C19H22ClNO4/c1-13-7-8-16(20)15(11-13)18(23)17(22)9-10-21-19(24)25-12-14-5-3-2-4-6-14/h2-8,11,17-18,22-23H,9-10,12H2,1H3,(H,21,24). The van der Waals surface area contributed by atoms with Crippen LogP contribution in [0.15, 0.2) is 48.5 Å². The molecule has 0 bridgehead atoms. The van der Waals surface area contributed by atoms with Crippen molar-refractivity contribution in [2.24, 2.45) is 0 Å². The number of nitrogens with one attached hydrogen (secondary N) is 1. The van der Waals surface area contributed by atoms with Crippen molar-refractivity contribution in [3.05, 3.63) is 70.2 Å². The fourth-order valence-electron chi connectivity index (χ4n) is 2.35. The van der Waals surface area contributed by atoms with Crippen molar-refractivity contribution in [2.75, 3.05) is 6.54 Å². The number of aliphatic hydroxyl groups excluding tert-OH is 2. The number of carbonyl (C=O) groups excluding carboxylic acids is 1. The molecule has 2 aromatic carbocycles. The van der Waals surface area contributed by atoms with Crippen LogP contribution in [0.25, 0.3) is 0 Å². The van der Waals surface area contributed by atoms with E-state index in [1.807, 2.05) is 43.3 Å². The number of aryl methyl sites for hydroxylation is 1. The Morgan fingerprint density at radius 2 is 1.92 bits per heavy atom. The molecule has 1 amide bonds. The molecular formula is C19H22ClNO4. The Kier molecular flexibility index (Phi) is 7.25. The molecule has 0 aliphatic carbocycles. The summed E-state index contributed by atoms with van der Waals surface area (Å²) in [7, 11) is 0. The maximum absolute atomic E-state index is 11.6. The Bertz CT molecular complexity index is 693. The van der Waals surface area contributed by atoms with E-state index in [-0.39, 0.29) is 19.6 Å². The Morgan fingerprint density at radius 3 is 2.64 bits per heavy atom. The van der Waals surface area contributed by atoms with E-state index < -0.39 is 18.3 Å². The Balaban J connectivity index is 1.75. The van der Waals surface area contributed by atoms with Crippen LogP contribution >= 0.6 is 11.6 Å². The SMILES string of the molecule is Cc1ccc(Cl)c(C(O)C(O)CCNC(=O)OCc2ccccc2)c1. The zero-order valence-electron chi connectivity index (χ0n) is 14.0. The second-order valence-corrected chi connectivity index (χ2v) is 6.22. The number of alkyl carbamates (subject to hydrolysis) is 1. The minimum atomic E-state index is -1.12. The van der Waals surface area contributed by atoms with Crippen molar-refractivity contribution >= 4 is 17.7 Å². The maximum Gasteiger partial charge on any atom is 0.407 e. The number of ether oxygens (including phenoxy) is 1. The Labute approximate surface area is 152 Å². The summed E-state index contributed by atoms with van der Waals surface area (Å²) < 4.78 is 5.07. The summed E-state index contributed by atoms with van der Waals surface area (Å²) in [5.41, 5.74) is 2.30. The molecule has 0 spiro atoms. The quantitative estimate of drug-likeness (QED) is 0.704. The monoisotopic (exact) mass is 363 g/mol. The summed E-state index contributed by atoms with van der Waals surface area (Å²) in [6.07, 6.45) is -2.56. The van der Waals surface area contributed by atoms with Gasteiger partial charge in [-0.2, -0.15) is 0 Å². The molecule has 2 aromatic rings. The molecule has 0 saturated carbocycles. The third-order valence-corrected chi connectivity index (χ3v) is 4.10. The summed E-state index contributed by atoms with van der Waals surface area (Å²) in [5, 5.41) is 23.3. The second kappa shape index (κ2) is 9.42. The van der Waals surface area contributed by atoms with Crippen molar-refractivity contribution in [2.45, 2.75) is 32.2 Å². The van der Waals surface area contributed by atoms with Gasteiger partial charge in [0.15, 0.2) is 0 Å². The molecule has 2 atom stereocenters. The molecule has 25 heavy (non-hydrogen) atoms. The highest BCUT2D eigenvalue weighted by atomic mass is 35.5. The Hall–Kier alpha value is -2.08. The van der Waals surface area contributed by atoms with Crippen LogP contribution < -0.4 is 5.32 Å². The van der Waals surface area contributed by atoms with Crippen molar-refractivity contribution in [1.29, 1.82) is 0 Å². The first-order valence-electron chi connectivity index (χ1n) is 8.04. The largest absolute Gasteiger partial charge is 0.445 e. The number of rotatable bonds is 7. The minimum Gasteiger partial charge on any atom is -0.445 e. The predicted octanol–water partition coefficient (Wildman–Crippen LogP) is 3.36. The smallest absolute Gasteiger partial charge is 0.407 e. The van der Waals surface area contributed by atoms with Crippen molar-refractivity contribution < 1.29 is 19.7 Å². The van der Waals surface area contributed by atoms with Gasteiger partial charge in [-0.25, -0.2) is 4.79 Å². The highest BCUT2D eigenvalue weighted by Crippen LogP contribution is 2.27. The number of aliphatic hydroxyl groups is 2. The van der Waals surface area contributed by atoms with Gasteiger partial charge in [-0.05, 0) is 25.0 Å². The van der Waals surface area contributed by atoms with E-state index in [0.717, 1.165) is 11.1 Å². The molecule has 2 unspecified atom stereocenters. The van der Waals surface area contributed by atoms with E-state index in [9.17, 15) is 15.0 Å². The van der Waals surface area contributed by atoms with E-state index in [0.29, 0.717) is 10.6 Å². The molecular weight excluding hydrogens is 342 g/mol. The van der Waals surface area contributed by atoms with Gasteiger partial charge >= 0.3 is 6.09 Å². The fourth-order valence-corrected chi connectivity index (χ4v) is 2.58. The summed E-state index contributed by atoms with van der Waals surface area (Å²) >= 11 is 6.06. The normalized spacial score (nSPS) is 13.1. The lowest BCUT2D eigenvalue weighted by Gasteiger charge is -2.19. The Morgan fingerprint density at radius 1 is 1.20 bits per heavy atom. The first-order valence-corrected chi connectivity index (χ1v) is 8.42. The lowest BCUT2D eigenvalue weighted by Crippen LogP contribution is -2.29. The van der Waals surface area contributed by atoms with Gasteiger partial charge < -0.3 is 20.3 Å². The number of hydrogen-bond acceptors (Lipinski definition) is 4. The summed E-state index contributed by atoms with van der Waals surface area (Å²) in [6, 6.07) is 14.6. The molecule has 2 rings (SSSR count). The lowest BCUT2D eigenvalue weighted by molar-refractivity contribution is 0.0136. The topological polar surface area (TPSA) is 78.8 Å². The predicted molar refractivity (Wildman–Crippen MR) is 96.4 cm³/mol. The lowest BCUT2D eigenvalue weighted by atomic mass is 10.0. The zero-order chi connectivity index (χ0) is 18.2. The van der Waals surface area contributed by atoms with Gasteiger partial charge in [0.25, 0.3) is 0 Å². The number of halogens is 1. The molecule has 5 nitrogen and oxygen atoms in total. The van der Waals surface area contributed by atoms with Gasteiger partial charge in [0.2, 0.25) is 0 Å².